The van der Waals surface area contributed by atoms with Gasteiger partial charge in [-0.1, -0.05) is 0 Å². The Balaban J connectivity index is 2.46. The predicted molar refractivity (Wildman–Crippen MR) is 63.8 cm³/mol. The van der Waals surface area contributed by atoms with E-state index in [1.54, 1.807) is 17.1 Å². The van der Waals surface area contributed by atoms with Crippen LogP contribution in [0.1, 0.15) is 15.5 Å². The summed E-state index contributed by atoms with van der Waals surface area (Å²) in [5.74, 6) is 0.130. The highest BCUT2D eigenvalue weighted by molar-refractivity contribution is 7.98. The maximum atomic E-state index is 10.6. The van der Waals surface area contributed by atoms with Crippen LogP contribution >= 0.6 is 23.1 Å². The van der Waals surface area contributed by atoms with Gasteiger partial charge in [0.25, 0.3) is 0 Å². The Bertz CT molecular complexity index is 328. The Morgan fingerprint density at radius 1 is 1.73 bits per heavy atom. The van der Waals surface area contributed by atoms with Gasteiger partial charge in [0.1, 0.15) is 0 Å². The molecule has 0 fully saturated rings. The molecule has 0 spiro atoms. The number of thioether (sulfide) groups is 1. The molecule has 84 valence electrons. The number of aromatic nitrogens is 1. The molecule has 1 heterocycles. The Morgan fingerprint density at radius 3 is 3.00 bits per heavy atom. The molecule has 6 heteroatoms. The highest BCUT2D eigenvalue weighted by Crippen LogP contribution is 2.11. The number of hydrogen-bond donors (Lipinski definition) is 1. The number of carboxylic acid groups (broad SMARTS) is 1. The summed E-state index contributed by atoms with van der Waals surface area (Å²) in [5, 5.41) is 10.7. The fourth-order valence-corrected chi connectivity index (χ4v) is 2.22. The van der Waals surface area contributed by atoms with Crippen molar-refractivity contribution in [3.63, 3.8) is 0 Å². The highest BCUT2D eigenvalue weighted by Gasteiger charge is 2.09. The molecule has 0 radical (unpaired) electrons. The highest BCUT2D eigenvalue weighted by atomic mass is 32.2. The molecule has 0 saturated carbocycles. The van der Waals surface area contributed by atoms with Gasteiger partial charge in [0.05, 0.1) is 5.69 Å². The van der Waals surface area contributed by atoms with Crippen molar-refractivity contribution in [3.05, 3.63) is 16.1 Å². The summed E-state index contributed by atoms with van der Waals surface area (Å²) in [6.07, 6.45) is 2.07. The standard InChI is InChI=1S/C9H14N2O2S2/c1-11(3-4-14-2)5-7-6-15-8(10-7)9(12)13/h6H,3-5H2,1-2H3,(H,12,13). The van der Waals surface area contributed by atoms with Gasteiger partial charge in [-0.25, -0.2) is 9.78 Å². The van der Waals surface area contributed by atoms with E-state index in [0.717, 1.165) is 18.0 Å². The van der Waals surface area contributed by atoms with Gasteiger partial charge in [-0.05, 0) is 13.3 Å². The lowest BCUT2D eigenvalue weighted by molar-refractivity contribution is 0.0696. The van der Waals surface area contributed by atoms with E-state index in [4.69, 9.17) is 5.11 Å². The molecule has 0 aliphatic rings. The molecule has 0 bridgehead atoms. The average molecular weight is 246 g/mol. The van der Waals surface area contributed by atoms with E-state index in [-0.39, 0.29) is 5.01 Å². The molecule has 0 atom stereocenters. The van der Waals surface area contributed by atoms with Gasteiger partial charge in [0, 0.05) is 24.2 Å². The lowest BCUT2D eigenvalue weighted by atomic mass is 10.4. The Labute approximate surface area is 97.3 Å². The van der Waals surface area contributed by atoms with E-state index in [9.17, 15) is 4.79 Å². The summed E-state index contributed by atoms with van der Waals surface area (Å²) in [7, 11) is 2.01. The molecule has 15 heavy (non-hydrogen) atoms. The van der Waals surface area contributed by atoms with Crippen molar-refractivity contribution in [1.82, 2.24) is 9.88 Å². The zero-order chi connectivity index (χ0) is 11.3. The van der Waals surface area contributed by atoms with Crippen LogP contribution in [0.4, 0.5) is 0 Å². The maximum absolute atomic E-state index is 10.6. The third kappa shape index (κ3) is 4.19. The molecular formula is C9H14N2O2S2. The van der Waals surface area contributed by atoms with E-state index in [1.807, 2.05) is 7.05 Å². The number of aromatic carboxylic acids is 1. The Hall–Kier alpha value is -0.590. The minimum Gasteiger partial charge on any atom is -0.476 e. The number of nitrogens with zero attached hydrogens (tertiary/aromatic N) is 2. The van der Waals surface area contributed by atoms with Crippen LogP contribution in [0, 0.1) is 0 Å². The van der Waals surface area contributed by atoms with Crippen LogP contribution in [0.2, 0.25) is 0 Å². The quantitative estimate of drug-likeness (QED) is 0.827. The van der Waals surface area contributed by atoms with Crippen molar-refractivity contribution >= 4 is 29.1 Å². The zero-order valence-corrected chi connectivity index (χ0v) is 10.4. The minimum absolute atomic E-state index is 0.170. The van der Waals surface area contributed by atoms with Gasteiger partial charge >= 0.3 is 5.97 Å². The van der Waals surface area contributed by atoms with Crippen molar-refractivity contribution in [3.8, 4) is 0 Å². The largest absolute Gasteiger partial charge is 0.476 e. The molecule has 0 aromatic carbocycles. The van der Waals surface area contributed by atoms with E-state index >= 15 is 0 Å². The summed E-state index contributed by atoms with van der Waals surface area (Å²) >= 11 is 2.98. The van der Waals surface area contributed by atoms with Gasteiger partial charge < -0.3 is 5.11 Å². The van der Waals surface area contributed by atoms with Crippen LogP contribution in [0.15, 0.2) is 5.38 Å². The second-order valence-electron chi connectivity index (χ2n) is 3.18. The predicted octanol–water partition coefficient (Wildman–Crippen LogP) is 1.64. The van der Waals surface area contributed by atoms with Crippen molar-refractivity contribution < 1.29 is 9.90 Å². The molecule has 1 aromatic rings. The topological polar surface area (TPSA) is 53.4 Å². The van der Waals surface area contributed by atoms with E-state index in [2.05, 4.69) is 16.1 Å². The minimum atomic E-state index is -0.946. The number of hydrogen-bond acceptors (Lipinski definition) is 5. The van der Waals surface area contributed by atoms with Crippen LogP contribution in [0.5, 0.6) is 0 Å². The summed E-state index contributed by atoms with van der Waals surface area (Å²) in [5.41, 5.74) is 0.834. The number of carboxylic acids is 1. The van der Waals surface area contributed by atoms with Crippen molar-refractivity contribution in [2.75, 3.05) is 25.6 Å². The molecule has 0 amide bonds. The fourth-order valence-electron chi connectivity index (χ4n) is 1.08. The Morgan fingerprint density at radius 2 is 2.47 bits per heavy atom. The molecular weight excluding hydrogens is 232 g/mol. The summed E-state index contributed by atoms with van der Waals surface area (Å²) in [4.78, 5) is 16.8. The maximum Gasteiger partial charge on any atom is 0.365 e. The normalized spacial score (nSPS) is 10.9. The number of rotatable bonds is 6. The van der Waals surface area contributed by atoms with Gasteiger partial charge in [-0.2, -0.15) is 11.8 Å². The van der Waals surface area contributed by atoms with Crippen molar-refractivity contribution in [2.45, 2.75) is 6.54 Å². The molecule has 1 rings (SSSR count). The fraction of sp³-hybridized carbons (Fsp3) is 0.556. The summed E-state index contributed by atoms with van der Waals surface area (Å²) < 4.78 is 0. The van der Waals surface area contributed by atoms with E-state index < -0.39 is 5.97 Å². The van der Waals surface area contributed by atoms with E-state index in [0.29, 0.717) is 6.54 Å². The first-order chi connectivity index (χ1) is 7.13. The molecule has 0 saturated heterocycles. The monoisotopic (exact) mass is 246 g/mol. The first-order valence-corrected chi connectivity index (χ1v) is 6.76. The third-order valence-corrected chi connectivity index (χ3v) is 3.31. The number of thiazole rings is 1. The van der Waals surface area contributed by atoms with Gasteiger partial charge in [0.2, 0.25) is 5.01 Å². The summed E-state index contributed by atoms with van der Waals surface area (Å²) in [6, 6.07) is 0. The number of carbonyl (C=O) groups is 1. The molecule has 1 aromatic heterocycles. The molecule has 0 aliphatic carbocycles. The van der Waals surface area contributed by atoms with Crippen LogP contribution in [-0.2, 0) is 6.54 Å². The van der Waals surface area contributed by atoms with Crippen molar-refractivity contribution in [2.24, 2.45) is 0 Å². The molecule has 1 N–H and O–H groups in total. The second-order valence-corrected chi connectivity index (χ2v) is 5.02. The molecule has 4 nitrogen and oxygen atoms in total. The SMILES string of the molecule is CSCCN(C)Cc1csc(C(=O)O)n1. The van der Waals surface area contributed by atoms with Crippen LogP contribution in [-0.4, -0.2) is 46.6 Å². The van der Waals surface area contributed by atoms with Crippen LogP contribution < -0.4 is 0 Å². The second kappa shape index (κ2) is 6.09. The zero-order valence-electron chi connectivity index (χ0n) is 8.77. The van der Waals surface area contributed by atoms with Gasteiger partial charge in [-0.3, -0.25) is 4.90 Å². The Kier molecular flexibility index (Phi) is 5.07. The third-order valence-electron chi connectivity index (χ3n) is 1.84. The van der Waals surface area contributed by atoms with Crippen LogP contribution in [0.25, 0.3) is 0 Å². The lowest BCUT2D eigenvalue weighted by Crippen LogP contribution is -2.20. The first-order valence-electron chi connectivity index (χ1n) is 4.48. The van der Waals surface area contributed by atoms with Gasteiger partial charge in [-0.15, -0.1) is 11.3 Å². The van der Waals surface area contributed by atoms with Crippen molar-refractivity contribution in [1.29, 1.82) is 0 Å². The van der Waals surface area contributed by atoms with Crippen LogP contribution in [0.3, 0.4) is 0 Å². The summed E-state index contributed by atoms with van der Waals surface area (Å²) in [6.45, 7) is 1.70. The molecule has 0 aliphatic heterocycles. The lowest BCUT2D eigenvalue weighted by Gasteiger charge is -2.13. The van der Waals surface area contributed by atoms with Gasteiger partial charge in [0.15, 0.2) is 0 Å². The smallest absolute Gasteiger partial charge is 0.365 e. The average Bonchev–Trinajstić information content (AvgIpc) is 2.63. The first kappa shape index (κ1) is 12.5. The van der Waals surface area contributed by atoms with E-state index in [1.165, 1.54) is 11.3 Å². The molecule has 0 unspecified atom stereocenters.